The predicted molar refractivity (Wildman–Crippen MR) is 61.8 cm³/mol. The van der Waals surface area contributed by atoms with Crippen molar-refractivity contribution in [2.45, 2.75) is 44.7 Å². The average Bonchev–Trinajstić information content (AvgIpc) is 2.65. The van der Waals surface area contributed by atoms with E-state index in [1.807, 2.05) is 12.1 Å². The highest BCUT2D eigenvalue weighted by Gasteiger charge is 2.27. The van der Waals surface area contributed by atoms with E-state index >= 15 is 0 Å². The van der Waals surface area contributed by atoms with Gasteiger partial charge >= 0.3 is 0 Å². The van der Waals surface area contributed by atoms with Crippen LogP contribution in [0.25, 0.3) is 0 Å². The molecule has 1 fully saturated rings. The lowest BCUT2D eigenvalue weighted by Crippen LogP contribution is -2.38. The molecular formula is C13H19NO. The van der Waals surface area contributed by atoms with Gasteiger partial charge in [-0.15, -0.1) is 0 Å². The van der Waals surface area contributed by atoms with Gasteiger partial charge in [-0.25, -0.2) is 0 Å². The van der Waals surface area contributed by atoms with Crippen molar-refractivity contribution >= 4 is 0 Å². The predicted octanol–water partition coefficient (Wildman–Crippen LogP) is 2.81. The van der Waals surface area contributed by atoms with E-state index in [1.165, 1.54) is 31.2 Å². The molecule has 0 aromatic heterocycles. The Morgan fingerprint density at radius 1 is 1.20 bits per heavy atom. The first-order chi connectivity index (χ1) is 7.18. The molecule has 0 heterocycles. The van der Waals surface area contributed by atoms with E-state index in [0.29, 0.717) is 11.3 Å². The van der Waals surface area contributed by atoms with Crippen LogP contribution in [-0.2, 0) is 6.54 Å². The monoisotopic (exact) mass is 205 g/mol. The summed E-state index contributed by atoms with van der Waals surface area (Å²) in [4.78, 5) is 0. The van der Waals surface area contributed by atoms with E-state index in [1.54, 1.807) is 12.1 Å². The normalized spacial score (nSPS) is 19.3. The summed E-state index contributed by atoms with van der Waals surface area (Å²) in [7, 11) is 0. The van der Waals surface area contributed by atoms with Crippen LogP contribution < -0.4 is 5.32 Å². The van der Waals surface area contributed by atoms with Crippen LogP contribution >= 0.6 is 0 Å². The molecule has 1 saturated carbocycles. The number of phenolic OH excluding ortho intramolecular Hbond substituents is 1. The minimum atomic E-state index is 0.331. The van der Waals surface area contributed by atoms with Crippen LogP contribution in [0.1, 0.15) is 38.2 Å². The quantitative estimate of drug-likeness (QED) is 0.795. The van der Waals surface area contributed by atoms with E-state index in [-0.39, 0.29) is 0 Å². The van der Waals surface area contributed by atoms with Gasteiger partial charge in [0.1, 0.15) is 5.75 Å². The van der Waals surface area contributed by atoms with Crippen molar-refractivity contribution in [1.82, 2.24) is 5.32 Å². The Morgan fingerprint density at radius 3 is 2.40 bits per heavy atom. The third kappa shape index (κ3) is 2.72. The van der Waals surface area contributed by atoms with Crippen LogP contribution in [0.15, 0.2) is 24.3 Å². The van der Waals surface area contributed by atoms with Crippen molar-refractivity contribution in [2.75, 3.05) is 0 Å². The number of hydrogen-bond donors (Lipinski definition) is 2. The van der Waals surface area contributed by atoms with Gasteiger partial charge in [0.05, 0.1) is 0 Å². The summed E-state index contributed by atoms with van der Waals surface area (Å²) in [5.41, 5.74) is 1.57. The molecule has 0 amide bonds. The van der Waals surface area contributed by atoms with Crippen molar-refractivity contribution < 1.29 is 5.11 Å². The Labute approximate surface area is 91.3 Å². The van der Waals surface area contributed by atoms with Crippen molar-refractivity contribution in [3.05, 3.63) is 29.8 Å². The largest absolute Gasteiger partial charge is 0.508 e. The first-order valence-electron chi connectivity index (χ1n) is 5.71. The molecule has 0 spiro atoms. The maximum absolute atomic E-state index is 9.17. The van der Waals surface area contributed by atoms with Crippen LogP contribution in [0.3, 0.4) is 0 Å². The molecule has 15 heavy (non-hydrogen) atoms. The van der Waals surface area contributed by atoms with E-state index in [4.69, 9.17) is 5.11 Å². The fraction of sp³-hybridized carbons (Fsp3) is 0.538. The second-order valence-corrected chi connectivity index (χ2v) is 4.79. The van der Waals surface area contributed by atoms with E-state index in [0.717, 1.165) is 6.54 Å². The molecule has 2 heteroatoms. The summed E-state index contributed by atoms with van der Waals surface area (Å²) in [6.07, 6.45) is 5.26. The molecule has 0 radical (unpaired) electrons. The van der Waals surface area contributed by atoms with Gasteiger partial charge in [0.25, 0.3) is 0 Å². The molecule has 2 nitrogen and oxygen atoms in total. The third-order valence-electron chi connectivity index (χ3n) is 3.36. The Bertz CT molecular complexity index is 312. The van der Waals surface area contributed by atoms with E-state index < -0.39 is 0 Å². The second kappa shape index (κ2) is 4.23. The fourth-order valence-electron chi connectivity index (χ4n) is 2.26. The van der Waals surface area contributed by atoms with Crippen molar-refractivity contribution in [1.29, 1.82) is 0 Å². The topological polar surface area (TPSA) is 32.3 Å². The minimum absolute atomic E-state index is 0.331. The SMILES string of the molecule is CC1(NCc2ccc(O)cc2)CCCC1. The van der Waals surface area contributed by atoms with Crippen molar-refractivity contribution in [3.8, 4) is 5.75 Å². The lowest BCUT2D eigenvalue weighted by molar-refractivity contribution is 0.362. The molecule has 0 atom stereocenters. The number of phenols is 1. The smallest absolute Gasteiger partial charge is 0.115 e. The summed E-state index contributed by atoms with van der Waals surface area (Å²) >= 11 is 0. The fourth-order valence-corrected chi connectivity index (χ4v) is 2.26. The highest BCUT2D eigenvalue weighted by molar-refractivity contribution is 5.25. The zero-order valence-corrected chi connectivity index (χ0v) is 9.29. The molecule has 1 aromatic carbocycles. The van der Waals surface area contributed by atoms with Crippen LogP contribution in [-0.4, -0.2) is 10.6 Å². The van der Waals surface area contributed by atoms with Gasteiger partial charge in [-0.3, -0.25) is 0 Å². The van der Waals surface area contributed by atoms with Gasteiger partial charge in [0.15, 0.2) is 0 Å². The third-order valence-corrected chi connectivity index (χ3v) is 3.36. The number of nitrogens with one attached hydrogen (secondary N) is 1. The van der Waals surface area contributed by atoms with Gasteiger partial charge in [0.2, 0.25) is 0 Å². The van der Waals surface area contributed by atoms with Gasteiger partial charge in [-0.05, 0) is 37.5 Å². The Kier molecular flexibility index (Phi) is 2.96. The number of benzene rings is 1. The first-order valence-corrected chi connectivity index (χ1v) is 5.71. The zero-order valence-electron chi connectivity index (χ0n) is 9.29. The van der Waals surface area contributed by atoms with Gasteiger partial charge in [-0.2, -0.15) is 0 Å². The summed E-state index contributed by atoms with van der Waals surface area (Å²) < 4.78 is 0. The molecule has 0 aliphatic heterocycles. The molecule has 82 valence electrons. The first kappa shape index (κ1) is 10.5. The average molecular weight is 205 g/mol. The van der Waals surface area contributed by atoms with Crippen LogP contribution in [0.2, 0.25) is 0 Å². The Balaban J connectivity index is 1.90. The van der Waals surface area contributed by atoms with Gasteiger partial charge < -0.3 is 10.4 Å². The molecule has 1 aliphatic carbocycles. The second-order valence-electron chi connectivity index (χ2n) is 4.79. The summed E-state index contributed by atoms with van der Waals surface area (Å²) in [5, 5.41) is 12.8. The van der Waals surface area contributed by atoms with Crippen molar-refractivity contribution in [3.63, 3.8) is 0 Å². The standard InChI is InChI=1S/C13H19NO/c1-13(8-2-3-9-13)14-10-11-4-6-12(15)7-5-11/h4-7,14-15H,2-3,8-10H2,1H3. The molecular weight excluding hydrogens is 186 g/mol. The summed E-state index contributed by atoms with van der Waals surface area (Å²) in [5.74, 6) is 0.339. The van der Waals surface area contributed by atoms with Crippen LogP contribution in [0.5, 0.6) is 5.75 Å². The molecule has 0 unspecified atom stereocenters. The molecule has 1 aliphatic rings. The van der Waals surface area contributed by atoms with Crippen molar-refractivity contribution in [2.24, 2.45) is 0 Å². The maximum Gasteiger partial charge on any atom is 0.115 e. The summed E-state index contributed by atoms with van der Waals surface area (Å²) in [6, 6.07) is 7.43. The minimum Gasteiger partial charge on any atom is -0.508 e. The molecule has 1 aromatic rings. The lowest BCUT2D eigenvalue weighted by Gasteiger charge is -2.25. The van der Waals surface area contributed by atoms with Crippen LogP contribution in [0.4, 0.5) is 0 Å². The lowest BCUT2D eigenvalue weighted by atomic mass is 10.0. The number of rotatable bonds is 3. The summed E-state index contributed by atoms with van der Waals surface area (Å²) in [6.45, 7) is 3.21. The van der Waals surface area contributed by atoms with Crippen LogP contribution in [0, 0.1) is 0 Å². The van der Waals surface area contributed by atoms with Gasteiger partial charge in [-0.1, -0.05) is 25.0 Å². The highest BCUT2D eigenvalue weighted by Crippen LogP contribution is 2.29. The van der Waals surface area contributed by atoms with E-state index in [9.17, 15) is 0 Å². The molecule has 0 saturated heterocycles. The Hall–Kier alpha value is -1.02. The van der Waals surface area contributed by atoms with Gasteiger partial charge in [0, 0.05) is 12.1 Å². The van der Waals surface area contributed by atoms with E-state index in [2.05, 4.69) is 12.2 Å². The molecule has 0 bridgehead atoms. The maximum atomic E-state index is 9.17. The molecule has 2 rings (SSSR count). The molecule has 2 N–H and O–H groups in total. The Morgan fingerprint density at radius 2 is 1.80 bits per heavy atom. The number of aromatic hydroxyl groups is 1. The zero-order chi connectivity index (χ0) is 10.7. The highest BCUT2D eigenvalue weighted by atomic mass is 16.3. The number of hydrogen-bond acceptors (Lipinski definition) is 2.